The molecular formula is C16H24N4S. The Bertz CT molecular complexity index is 595. The van der Waals surface area contributed by atoms with E-state index in [0.29, 0.717) is 6.04 Å². The summed E-state index contributed by atoms with van der Waals surface area (Å²) in [7, 11) is 0. The number of hydrogen-bond acceptors (Lipinski definition) is 4. The normalized spacial score (nSPS) is 17.9. The van der Waals surface area contributed by atoms with Gasteiger partial charge >= 0.3 is 0 Å². The van der Waals surface area contributed by atoms with Crippen molar-refractivity contribution in [2.24, 2.45) is 0 Å². The third-order valence-electron chi connectivity index (χ3n) is 4.17. The lowest BCUT2D eigenvalue weighted by Gasteiger charge is -2.25. The van der Waals surface area contributed by atoms with Crippen molar-refractivity contribution in [3.8, 4) is 0 Å². The fourth-order valence-corrected chi connectivity index (χ4v) is 3.89. The second-order valence-electron chi connectivity index (χ2n) is 6.10. The van der Waals surface area contributed by atoms with Crippen LogP contribution in [0, 0.1) is 13.8 Å². The van der Waals surface area contributed by atoms with Crippen molar-refractivity contribution in [3.05, 3.63) is 28.0 Å². The minimum atomic E-state index is 0.202. The maximum atomic E-state index is 4.69. The Labute approximate surface area is 130 Å². The van der Waals surface area contributed by atoms with Crippen LogP contribution in [0.5, 0.6) is 0 Å². The Morgan fingerprint density at radius 1 is 1.19 bits per heavy atom. The van der Waals surface area contributed by atoms with E-state index < -0.39 is 0 Å². The van der Waals surface area contributed by atoms with Gasteiger partial charge in [0.15, 0.2) is 0 Å². The third kappa shape index (κ3) is 3.28. The fourth-order valence-electron chi connectivity index (χ4n) is 3.09. The highest BCUT2D eigenvalue weighted by Gasteiger charge is 2.20. The Morgan fingerprint density at radius 3 is 2.62 bits per heavy atom. The Balaban J connectivity index is 1.78. The van der Waals surface area contributed by atoms with Crippen molar-refractivity contribution < 1.29 is 0 Å². The average molecular weight is 304 g/mol. The Morgan fingerprint density at radius 2 is 1.95 bits per heavy atom. The molecule has 0 amide bonds. The summed E-state index contributed by atoms with van der Waals surface area (Å²) >= 11 is 1.71. The fraction of sp³-hybridized carbons (Fsp3) is 0.625. The van der Waals surface area contributed by atoms with Crippen LogP contribution in [0.3, 0.4) is 0 Å². The van der Waals surface area contributed by atoms with Gasteiger partial charge < -0.3 is 9.88 Å². The van der Waals surface area contributed by atoms with E-state index in [1.165, 1.54) is 32.1 Å². The molecule has 1 N–H and O–H groups in total. The molecule has 0 radical (unpaired) electrons. The minimum Gasteiger partial charge on any atom is -0.347 e. The number of nitrogens with zero attached hydrogens (tertiary/aromatic N) is 3. The van der Waals surface area contributed by atoms with Crippen LogP contribution < -0.4 is 5.32 Å². The molecule has 1 aliphatic carbocycles. The summed E-state index contributed by atoms with van der Waals surface area (Å²) in [6.45, 7) is 6.27. The van der Waals surface area contributed by atoms with Gasteiger partial charge in [0.1, 0.15) is 5.01 Å². The number of hydrogen-bond donors (Lipinski definition) is 1. The summed E-state index contributed by atoms with van der Waals surface area (Å²) in [6, 6.07) is 0.806. The van der Waals surface area contributed by atoms with E-state index in [-0.39, 0.29) is 6.04 Å². The van der Waals surface area contributed by atoms with Crippen LogP contribution in [0.4, 0.5) is 5.95 Å². The summed E-state index contributed by atoms with van der Waals surface area (Å²) < 4.78 is 2.35. The molecule has 1 aliphatic rings. The molecule has 4 nitrogen and oxygen atoms in total. The summed E-state index contributed by atoms with van der Waals surface area (Å²) in [5.74, 6) is 1.000. The lowest BCUT2D eigenvalue weighted by molar-refractivity contribution is 0.355. The molecular weight excluding hydrogens is 280 g/mol. The minimum absolute atomic E-state index is 0.202. The zero-order valence-electron chi connectivity index (χ0n) is 13.1. The topological polar surface area (TPSA) is 42.7 Å². The standard InChI is InChI=1S/C16H24N4S/c1-11-9-20(14-7-5-4-6-8-14)16(18-11)19-13(3)15-17-12(2)10-21-15/h9-10,13-14H,4-8H2,1-3H3,(H,18,19). The van der Waals surface area contributed by atoms with E-state index in [2.05, 4.69) is 45.3 Å². The first-order chi connectivity index (χ1) is 10.1. The first-order valence-electron chi connectivity index (χ1n) is 7.87. The maximum absolute atomic E-state index is 4.69. The lowest BCUT2D eigenvalue weighted by Crippen LogP contribution is -2.17. The maximum Gasteiger partial charge on any atom is 0.203 e. The van der Waals surface area contributed by atoms with E-state index in [4.69, 9.17) is 0 Å². The molecule has 0 aliphatic heterocycles. The number of aromatic nitrogens is 3. The smallest absolute Gasteiger partial charge is 0.203 e. The molecule has 1 atom stereocenters. The van der Waals surface area contributed by atoms with Gasteiger partial charge in [-0.05, 0) is 33.6 Å². The van der Waals surface area contributed by atoms with Crippen LogP contribution in [-0.4, -0.2) is 14.5 Å². The highest BCUT2D eigenvalue weighted by Crippen LogP contribution is 2.32. The van der Waals surface area contributed by atoms with Crippen LogP contribution in [-0.2, 0) is 0 Å². The molecule has 114 valence electrons. The van der Waals surface area contributed by atoms with E-state index in [0.717, 1.165) is 22.3 Å². The van der Waals surface area contributed by atoms with Crippen molar-refractivity contribution in [1.82, 2.24) is 14.5 Å². The number of anilines is 1. The number of thiazole rings is 1. The molecule has 3 rings (SSSR count). The first kappa shape index (κ1) is 14.6. The molecule has 5 heteroatoms. The molecule has 1 unspecified atom stereocenters. The number of imidazole rings is 1. The number of rotatable bonds is 4. The van der Waals surface area contributed by atoms with Crippen molar-refractivity contribution >= 4 is 17.3 Å². The third-order valence-corrected chi connectivity index (χ3v) is 5.32. The monoisotopic (exact) mass is 304 g/mol. The molecule has 0 spiro atoms. The highest BCUT2D eigenvalue weighted by molar-refractivity contribution is 7.09. The van der Waals surface area contributed by atoms with Gasteiger partial charge in [0.25, 0.3) is 0 Å². The van der Waals surface area contributed by atoms with Crippen LogP contribution in [0.2, 0.25) is 0 Å². The van der Waals surface area contributed by atoms with Crippen molar-refractivity contribution in [2.45, 2.75) is 65.0 Å². The zero-order valence-corrected chi connectivity index (χ0v) is 13.9. The summed E-state index contributed by atoms with van der Waals surface area (Å²) in [5.41, 5.74) is 2.18. The number of aryl methyl sites for hydroxylation is 2. The van der Waals surface area contributed by atoms with Gasteiger partial charge in [-0.2, -0.15) is 0 Å². The molecule has 2 aromatic rings. The second kappa shape index (κ2) is 6.18. The van der Waals surface area contributed by atoms with E-state index >= 15 is 0 Å². The lowest BCUT2D eigenvalue weighted by atomic mass is 9.95. The molecule has 0 aromatic carbocycles. The van der Waals surface area contributed by atoms with Crippen molar-refractivity contribution in [1.29, 1.82) is 0 Å². The van der Waals surface area contributed by atoms with Gasteiger partial charge in [-0.3, -0.25) is 0 Å². The average Bonchev–Trinajstić information content (AvgIpc) is 3.06. The zero-order chi connectivity index (χ0) is 14.8. The highest BCUT2D eigenvalue weighted by atomic mass is 32.1. The van der Waals surface area contributed by atoms with Gasteiger partial charge in [-0.1, -0.05) is 19.3 Å². The molecule has 0 bridgehead atoms. The van der Waals surface area contributed by atoms with Crippen LogP contribution in [0.15, 0.2) is 11.6 Å². The summed E-state index contributed by atoms with van der Waals surface area (Å²) in [5, 5.41) is 6.79. The van der Waals surface area contributed by atoms with Crippen molar-refractivity contribution in [2.75, 3.05) is 5.32 Å². The largest absolute Gasteiger partial charge is 0.347 e. The summed E-state index contributed by atoms with van der Waals surface area (Å²) in [4.78, 5) is 9.26. The Hall–Kier alpha value is -1.36. The van der Waals surface area contributed by atoms with Crippen LogP contribution in [0.1, 0.15) is 67.5 Å². The Kier molecular flexibility index (Phi) is 4.29. The number of nitrogens with one attached hydrogen (secondary N) is 1. The molecule has 21 heavy (non-hydrogen) atoms. The first-order valence-corrected chi connectivity index (χ1v) is 8.75. The van der Waals surface area contributed by atoms with Crippen LogP contribution >= 0.6 is 11.3 Å². The molecule has 0 saturated heterocycles. The summed E-state index contributed by atoms with van der Waals surface area (Å²) in [6.07, 6.45) is 8.79. The molecule has 2 heterocycles. The van der Waals surface area contributed by atoms with E-state index in [1.54, 1.807) is 11.3 Å². The molecule has 2 aromatic heterocycles. The molecule has 1 saturated carbocycles. The van der Waals surface area contributed by atoms with E-state index in [9.17, 15) is 0 Å². The van der Waals surface area contributed by atoms with Gasteiger partial charge in [0.05, 0.1) is 11.7 Å². The predicted octanol–water partition coefficient (Wildman–Crippen LogP) is 4.63. The van der Waals surface area contributed by atoms with E-state index in [1.807, 2.05) is 6.92 Å². The van der Waals surface area contributed by atoms with Crippen LogP contribution in [0.25, 0.3) is 0 Å². The quantitative estimate of drug-likeness (QED) is 0.895. The van der Waals surface area contributed by atoms with Gasteiger partial charge in [-0.25, -0.2) is 9.97 Å². The molecule has 1 fully saturated rings. The predicted molar refractivity (Wildman–Crippen MR) is 88.0 cm³/mol. The van der Waals surface area contributed by atoms with Gasteiger partial charge in [-0.15, -0.1) is 11.3 Å². The van der Waals surface area contributed by atoms with Gasteiger partial charge in [0, 0.05) is 23.3 Å². The second-order valence-corrected chi connectivity index (χ2v) is 6.99. The van der Waals surface area contributed by atoms with Gasteiger partial charge in [0.2, 0.25) is 5.95 Å². The van der Waals surface area contributed by atoms with Crippen molar-refractivity contribution in [3.63, 3.8) is 0 Å². The SMILES string of the molecule is Cc1csc(C(C)Nc2nc(C)cn2C2CCCCC2)n1.